The Morgan fingerprint density at radius 1 is 1.23 bits per heavy atom. The maximum Gasteiger partial charge on any atom is 0.196 e. The number of nitrogens with zero attached hydrogens (tertiary/aromatic N) is 3. The zero-order valence-electron chi connectivity index (χ0n) is 11.0. The number of carbonyl (C=O) groups excluding carboxylic acids is 1. The van der Waals surface area contributed by atoms with Crippen LogP contribution in [0.5, 0.6) is 5.75 Å². The van der Waals surface area contributed by atoms with E-state index in [1.54, 1.807) is 28.8 Å². The van der Waals surface area contributed by atoms with Crippen LogP contribution in [-0.4, -0.2) is 31.2 Å². The molecule has 0 aliphatic carbocycles. The van der Waals surface area contributed by atoms with Gasteiger partial charge in [-0.1, -0.05) is 35.0 Å². The van der Waals surface area contributed by atoms with E-state index in [2.05, 4.69) is 10.2 Å². The Morgan fingerprint density at radius 3 is 2.68 bits per heavy atom. The van der Waals surface area contributed by atoms with Gasteiger partial charge < -0.3 is 5.11 Å². The van der Waals surface area contributed by atoms with Crippen LogP contribution in [0, 0.1) is 0 Å². The molecule has 2 heterocycles. The lowest BCUT2D eigenvalue weighted by molar-refractivity contribution is 0.102. The molecule has 0 amide bonds. The van der Waals surface area contributed by atoms with E-state index in [4.69, 9.17) is 23.2 Å². The molecule has 0 atom stereocenters. The number of pyridine rings is 1. The van der Waals surface area contributed by atoms with Crippen molar-refractivity contribution in [1.29, 1.82) is 0 Å². The highest BCUT2D eigenvalue weighted by atomic mass is 35.5. The summed E-state index contributed by atoms with van der Waals surface area (Å²) in [6.45, 7) is 0. The minimum absolute atomic E-state index is 0.0742. The number of Topliss-reactive ketones (excluding diaryl/α,β-unsaturated/α-hetero) is 1. The average molecular weight is 354 g/mol. The fourth-order valence-corrected chi connectivity index (χ4v) is 3.17. The van der Waals surface area contributed by atoms with Gasteiger partial charge in [0.15, 0.2) is 16.6 Å². The number of phenolic OH excluding ortho intramolecular Hbond substituents is 1. The van der Waals surface area contributed by atoms with Crippen molar-refractivity contribution >= 4 is 46.4 Å². The number of hydrogen-bond donors (Lipinski definition) is 1. The minimum Gasteiger partial charge on any atom is -0.508 e. The second kappa shape index (κ2) is 6.16. The zero-order valence-corrected chi connectivity index (χ0v) is 13.4. The van der Waals surface area contributed by atoms with Gasteiger partial charge in [0.2, 0.25) is 0 Å². The van der Waals surface area contributed by atoms with E-state index in [1.165, 1.54) is 23.9 Å². The molecule has 3 aromatic rings. The number of aromatic nitrogens is 3. The van der Waals surface area contributed by atoms with Crippen molar-refractivity contribution in [1.82, 2.24) is 14.6 Å². The molecule has 8 heteroatoms. The summed E-state index contributed by atoms with van der Waals surface area (Å²) in [5, 5.41) is 18.6. The number of carbonyl (C=O) groups is 1. The zero-order chi connectivity index (χ0) is 15.7. The second-order valence-corrected chi connectivity index (χ2v) is 6.23. The number of aromatic hydroxyl groups is 1. The lowest BCUT2D eigenvalue weighted by Crippen LogP contribution is -2.02. The predicted octanol–water partition coefficient (Wildman–Crippen LogP) is 3.72. The van der Waals surface area contributed by atoms with Gasteiger partial charge >= 0.3 is 0 Å². The Labute approximate surface area is 139 Å². The summed E-state index contributed by atoms with van der Waals surface area (Å²) in [6, 6.07) is 7.69. The van der Waals surface area contributed by atoms with Crippen molar-refractivity contribution in [2.24, 2.45) is 0 Å². The molecular formula is C14H9Cl2N3O2S. The van der Waals surface area contributed by atoms with E-state index in [1.807, 2.05) is 0 Å². The Kier molecular flexibility index (Phi) is 4.24. The highest BCUT2D eigenvalue weighted by Gasteiger charge is 2.13. The summed E-state index contributed by atoms with van der Waals surface area (Å²) in [6.07, 6.45) is 1.65. The number of thioether (sulfide) groups is 1. The molecule has 0 bridgehead atoms. The quantitative estimate of drug-likeness (QED) is 0.571. The summed E-state index contributed by atoms with van der Waals surface area (Å²) < 4.78 is 1.65. The molecule has 3 rings (SSSR count). The summed E-state index contributed by atoms with van der Waals surface area (Å²) >= 11 is 13.2. The van der Waals surface area contributed by atoms with Crippen molar-refractivity contribution in [3.8, 4) is 5.75 Å². The van der Waals surface area contributed by atoms with Gasteiger partial charge in [-0.05, 0) is 30.3 Å². The summed E-state index contributed by atoms with van der Waals surface area (Å²) in [5.41, 5.74) is 1.01. The molecule has 0 saturated carbocycles. The van der Waals surface area contributed by atoms with Crippen molar-refractivity contribution in [2.45, 2.75) is 5.16 Å². The molecule has 112 valence electrons. The summed E-state index contributed by atoms with van der Waals surface area (Å²) in [4.78, 5) is 12.1. The van der Waals surface area contributed by atoms with Gasteiger partial charge in [0.25, 0.3) is 0 Å². The third-order valence-corrected chi connectivity index (χ3v) is 4.34. The monoisotopic (exact) mass is 353 g/mol. The number of halogens is 2. The lowest BCUT2D eigenvalue weighted by atomic mass is 10.1. The molecule has 0 unspecified atom stereocenters. The first kappa shape index (κ1) is 15.1. The third-order valence-electron chi connectivity index (χ3n) is 2.92. The van der Waals surface area contributed by atoms with E-state index >= 15 is 0 Å². The number of rotatable bonds is 4. The molecule has 0 fully saturated rings. The molecule has 5 nitrogen and oxygen atoms in total. The number of benzene rings is 1. The van der Waals surface area contributed by atoms with Gasteiger partial charge in [-0.25, -0.2) is 0 Å². The number of phenols is 1. The summed E-state index contributed by atoms with van der Waals surface area (Å²) in [7, 11) is 0. The SMILES string of the molecule is O=C(CSc1nnc2c(Cl)cc(Cl)cn12)c1ccc(O)cc1. The maximum atomic E-state index is 12.1. The molecule has 1 N–H and O–H groups in total. The Hall–Kier alpha value is -1.76. The molecule has 1 aromatic carbocycles. The Balaban J connectivity index is 1.79. The third kappa shape index (κ3) is 3.04. The molecule has 22 heavy (non-hydrogen) atoms. The molecule has 0 aliphatic heterocycles. The second-order valence-electron chi connectivity index (χ2n) is 4.44. The van der Waals surface area contributed by atoms with E-state index in [-0.39, 0.29) is 17.3 Å². The first-order valence-corrected chi connectivity index (χ1v) is 7.93. The van der Waals surface area contributed by atoms with Crippen molar-refractivity contribution in [3.05, 3.63) is 52.1 Å². The van der Waals surface area contributed by atoms with Gasteiger partial charge in [-0.15, -0.1) is 10.2 Å². The molecule has 0 aliphatic rings. The smallest absolute Gasteiger partial charge is 0.196 e. The Bertz CT molecular complexity index is 849. The van der Waals surface area contributed by atoms with Crippen LogP contribution >= 0.6 is 35.0 Å². The van der Waals surface area contributed by atoms with Gasteiger partial charge in [0.05, 0.1) is 15.8 Å². The van der Waals surface area contributed by atoms with Crippen molar-refractivity contribution < 1.29 is 9.90 Å². The van der Waals surface area contributed by atoms with Crippen LogP contribution < -0.4 is 0 Å². The Morgan fingerprint density at radius 2 is 1.95 bits per heavy atom. The normalized spacial score (nSPS) is 11.0. The van der Waals surface area contributed by atoms with Crippen molar-refractivity contribution in [3.63, 3.8) is 0 Å². The standard InChI is InChI=1S/C14H9Cl2N3O2S/c15-9-5-11(16)13-17-18-14(19(13)6-9)22-7-12(21)8-1-3-10(20)4-2-8/h1-6,20H,7H2. The minimum atomic E-state index is -0.0742. The number of fused-ring (bicyclic) bond motifs is 1. The van der Waals surface area contributed by atoms with Crippen LogP contribution in [0.3, 0.4) is 0 Å². The molecule has 0 saturated heterocycles. The van der Waals surface area contributed by atoms with Crippen LogP contribution in [-0.2, 0) is 0 Å². The van der Waals surface area contributed by atoms with Crippen LogP contribution in [0.4, 0.5) is 0 Å². The van der Waals surface area contributed by atoms with Gasteiger partial charge in [-0.3, -0.25) is 9.20 Å². The topological polar surface area (TPSA) is 67.5 Å². The number of ketones is 1. The predicted molar refractivity (Wildman–Crippen MR) is 86.2 cm³/mol. The van der Waals surface area contributed by atoms with Gasteiger partial charge in [0, 0.05) is 11.8 Å². The van der Waals surface area contributed by atoms with E-state index < -0.39 is 0 Å². The van der Waals surface area contributed by atoms with Crippen LogP contribution in [0.1, 0.15) is 10.4 Å². The maximum absolute atomic E-state index is 12.1. The van der Waals surface area contributed by atoms with Crippen molar-refractivity contribution in [2.75, 3.05) is 5.75 Å². The largest absolute Gasteiger partial charge is 0.508 e. The van der Waals surface area contributed by atoms with Gasteiger partial charge in [0.1, 0.15) is 5.75 Å². The van der Waals surface area contributed by atoms with E-state index in [9.17, 15) is 9.90 Å². The summed E-state index contributed by atoms with van der Waals surface area (Å²) in [5.74, 6) is 0.238. The number of hydrogen-bond acceptors (Lipinski definition) is 5. The average Bonchev–Trinajstić information content (AvgIpc) is 2.89. The van der Waals surface area contributed by atoms with Crippen LogP contribution in [0.15, 0.2) is 41.7 Å². The highest BCUT2D eigenvalue weighted by Crippen LogP contribution is 2.25. The van der Waals surface area contributed by atoms with Crippen LogP contribution in [0.2, 0.25) is 10.0 Å². The highest BCUT2D eigenvalue weighted by molar-refractivity contribution is 7.99. The molecular weight excluding hydrogens is 345 g/mol. The van der Waals surface area contributed by atoms with Crippen LogP contribution in [0.25, 0.3) is 5.65 Å². The fraction of sp³-hybridized carbons (Fsp3) is 0.0714. The fourth-order valence-electron chi connectivity index (χ4n) is 1.86. The molecule has 0 radical (unpaired) electrons. The van der Waals surface area contributed by atoms with Gasteiger partial charge in [-0.2, -0.15) is 0 Å². The molecule has 0 spiro atoms. The first-order valence-electron chi connectivity index (χ1n) is 6.19. The molecule has 2 aromatic heterocycles. The van der Waals surface area contributed by atoms with E-state index in [0.29, 0.717) is 26.4 Å². The first-order chi connectivity index (χ1) is 10.5. The lowest BCUT2D eigenvalue weighted by Gasteiger charge is -2.02. The van der Waals surface area contributed by atoms with E-state index in [0.717, 1.165) is 0 Å².